The van der Waals surface area contributed by atoms with Crippen molar-refractivity contribution in [2.75, 3.05) is 31.1 Å². The maximum atomic E-state index is 14.8. The zero-order chi connectivity index (χ0) is 36.0. The van der Waals surface area contributed by atoms with E-state index in [0.717, 1.165) is 86.5 Å². The lowest BCUT2D eigenvalue weighted by molar-refractivity contribution is 0.0905. The number of likely N-dealkylation sites (tertiary alicyclic amines) is 1. The molecule has 7 rings (SSSR count). The standard InChI is InChI=1S/C42H44FN7O2/c1-28-35(31-6-4-18-44-25-31)8-3-9-36(28)41(51)48-34-16-22-50(23-17-34)39-13-10-30(24-46-39)27-49-20-14-33(15-21-49)47-42(52)37-11-12-38(43)40(29(37)2)32-7-5-19-45-26-32/h3-13,18-19,24-26,33-34H,14-17,20-23,27H2,1-2H3,(H,47,52)(H,48,51). The highest BCUT2D eigenvalue weighted by atomic mass is 19.1. The summed E-state index contributed by atoms with van der Waals surface area (Å²) in [5.41, 5.74) is 7.01. The molecule has 2 fully saturated rings. The minimum atomic E-state index is -0.362. The normalized spacial score (nSPS) is 15.7. The molecule has 0 unspecified atom stereocenters. The van der Waals surface area contributed by atoms with E-state index in [9.17, 15) is 14.0 Å². The van der Waals surface area contributed by atoms with Crippen LogP contribution in [0, 0.1) is 19.7 Å². The molecule has 2 aliphatic heterocycles. The van der Waals surface area contributed by atoms with E-state index < -0.39 is 0 Å². The van der Waals surface area contributed by atoms with Gasteiger partial charge in [-0.3, -0.25) is 24.5 Å². The van der Waals surface area contributed by atoms with Crippen molar-refractivity contribution in [3.63, 3.8) is 0 Å². The quantitative estimate of drug-likeness (QED) is 0.176. The van der Waals surface area contributed by atoms with Crippen molar-refractivity contribution >= 4 is 17.6 Å². The monoisotopic (exact) mass is 697 g/mol. The summed E-state index contributed by atoms with van der Waals surface area (Å²) in [7, 11) is 0. The number of hydrogen-bond donors (Lipinski definition) is 2. The van der Waals surface area contributed by atoms with E-state index >= 15 is 0 Å². The van der Waals surface area contributed by atoms with Gasteiger partial charge in [0.15, 0.2) is 0 Å². The van der Waals surface area contributed by atoms with E-state index in [4.69, 9.17) is 4.98 Å². The molecule has 0 spiro atoms. The molecule has 0 atom stereocenters. The summed E-state index contributed by atoms with van der Waals surface area (Å²) >= 11 is 0. The number of carbonyl (C=O) groups excluding carboxylic acids is 2. The highest BCUT2D eigenvalue weighted by molar-refractivity contribution is 5.98. The van der Waals surface area contributed by atoms with Gasteiger partial charge < -0.3 is 15.5 Å². The predicted octanol–water partition coefficient (Wildman–Crippen LogP) is 6.75. The van der Waals surface area contributed by atoms with Crippen LogP contribution < -0.4 is 15.5 Å². The van der Waals surface area contributed by atoms with Crippen LogP contribution in [-0.4, -0.2) is 69.9 Å². The van der Waals surface area contributed by atoms with E-state index in [2.05, 4.69) is 42.5 Å². The van der Waals surface area contributed by atoms with Crippen molar-refractivity contribution < 1.29 is 14.0 Å². The average molecular weight is 698 g/mol. The molecule has 0 bridgehead atoms. The molecule has 2 amide bonds. The molecule has 52 heavy (non-hydrogen) atoms. The van der Waals surface area contributed by atoms with Gasteiger partial charge in [0, 0.05) is 104 Å². The van der Waals surface area contributed by atoms with Crippen LogP contribution in [0.3, 0.4) is 0 Å². The molecule has 10 heteroatoms. The van der Waals surface area contributed by atoms with E-state index in [1.54, 1.807) is 43.7 Å². The lowest BCUT2D eigenvalue weighted by Gasteiger charge is -2.34. The van der Waals surface area contributed by atoms with Crippen molar-refractivity contribution in [3.8, 4) is 22.3 Å². The third-order valence-electron chi connectivity index (χ3n) is 10.5. The maximum Gasteiger partial charge on any atom is 0.251 e. The van der Waals surface area contributed by atoms with Gasteiger partial charge in [-0.25, -0.2) is 9.37 Å². The summed E-state index contributed by atoms with van der Waals surface area (Å²) in [6, 6.07) is 20.7. The molecular weight excluding hydrogens is 654 g/mol. The summed E-state index contributed by atoms with van der Waals surface area (Å²) in [6.45, 7) is 7.97. The average Bonchev–Trinajstić information content (AvgIpc) is 3.17. The third kappa shape index (κ3) is 7.87. The van der Waals surface area contributed by atoms with Crippen molar-refractivity contribution in [2.45, 2.75) is 58.2 Å². The number of nitrogens with one attached hydrogen (secondary N) is 2. The third-order valence-corrected chi connectivity index (χ3v) is 10.5. The van der Waals surface area contributed by atoms with Crippen molar-refractivity contribution in [1.82, 2.24) is 30.5 Å². The molecule has 5 heterocycles. The number of piperidine rings is 2. The maximum absolute atomic E-state index is 14.8. The minimum Gasteiger partial charge on any atom is -0.356 e. The highest BCUT2D eigenvalue weighted by Crippen LogP contribution is 2.29. The second kappa shape index (κ2) is 15.8. The molecule has 2 aromatic carbocycles. The molecule has 2 N–H and O–H groups in total. The number of benzene rings is 2. The van der Waals surface area contributed by atoms with Crippen LogP contribution in [0.2, 0.25) is 0 Å². The topological polar surface area (TPSA) is 103 Å². The first-order valence-electron chi connectivity index (χ1n) is 18.1. The van der Waals surface area contributed by atoms with Crippen LogP contribution in [0.5, 0.6) is 0 Å². The lowest BCUT2D eigenvalue weighted by atomic mass is 9.95. The van der Waals surface area contributed by atoms with E-state index in [1.165, 1.54) is 6.07 Å². The first-order chi connectivity index (χ1) is 25.3. The highest BCUT2D eigenvalue weighted by Gasteiger charge is 2.25. The van der Waals surface area contributed by atoms with E-state index in [0.29, 0.717) is 27.8 Å². The summed E-state index contributed by atoms with van der Waals surface area (Å²) in [6.07, 6.45) is 12.2. The Morgan fingerprint density at radius 1 is 0.712 bits per heavy atom. The predicted molar refractivity (Wildman–Crippen MR) is 201 cm³/mol. The van der Waals surface area contributed by atoms with Gasteiger partial charge in [0.05, 0.1) is 0 Å². The zero-order valence-electron chi connectivity index (χ0n) is 29.7. The number of pyridine rings is 3. The summed E-state index contributed by atoms with van der Waals surface area (Å²) in [5.74, 6) is 0.388. The molecule has 266 valence electrons. The summed E-state index contributed by atoms with van der Waals surface area (Å²) < 4.78 is 14.8. The first-order valence-corrected chi connectivity index (χ1v) is 18.1. The van der Waals surface area contributed by atoms with Gasteiger partial charge in [0.2, 0.25) is 0 Å². The minimum absolute atomic E-state index is 0.0334. The van der Waals surface area contributed by atoms with Gasteiger partial charge in [-0.2, -0.15) is 0 Å². The Kier molecular flexibility index (Phi) is 10.6. The van der Waals surface area contributed by atoms with E-state index in [1.807, 2.05) is 49.6 Å². The molecule has 0 aliphatic carbocycles. The molecule has 5 aromatic rings. The van der Waals surface area contributed by atoms with E-state index in [-0.39, 0.29) is 29.7 Å². The molecule has 9 nitrogen and oxygen atoms in total. The molecule has 3 aromatic heterocycles. The van der Waals surface area contributed by atoms with Gasteiger partial charge in [0.1, 0.15) is 11.6 Å². The molecule has 0 saturated carbocycles. The molecule has 0 radical (unpaired) electrons. The van der Waals surface area contributed by atoms with Gasteiger partial charge in [-0.15, -0.1) is 0 Å². The van der Waals surface area contributed by atoms with Crippen LogP contribution in [0.1, 0.15) is 63.1 Å². The van der Waals surface area contributed by atoms with Crippen LogP contribution in [0.15, 0.2) is 97.7 Å². The summed E-state index contributed by atoms with van der Waals surface area (Å²) in [5, 5.41) is 6.46. The van der Waals surface area contributed by atoms with Crippen molar-refractivity contribution in [1.29, 1.82) is 0 Å². The van der Waals surface area contributed by atoms with Gasteiger partial charge in [-0.05, 0) is 98.2 Å². The Morgan fingerprint density at radius 2 is 1.35 bits per heavy atom. The van der Waals surface area contributed by atoms with Gasteiger partial charge >= 0.3 is 0 Å². The summed E-state index contributed by atoms with van der Waals surface area (Å²) in [4.78, 5) is 44.4. The van der Waals surface area contributed by atoms with Gasteiger partial charge in [-0.1, -0.05) is 30.3 Å². The molecule has 2 saturated heterocycles. The SMILES string of the molecule is Cc1c(C(=O)NC2CCN(c3ccc(CN4CCC(NC(=O)c5ccc(F)c(-c6cccnc6)c5C)CC4)cn3)CC2)cccc1-c1cccnc1. The fraction of sp³-hybridized carbons (Fsp3) is 0.310. The van der Waals surface area contributed by atoms with Crippen molar-refractivity contribution in [3.05, 3.63) is 131 Å². The van der Waals surface area contributed by atoms with Crippen LogP contribution in [0.4, 0.5) is 10.2 Å². The second-order valence-corrected chi connectivity index (χ2v) is 13.8. The van der Waals surface area contributed by atoms with Crippen molar-refractivity contribution in [2.24, 2.45) is 0 Å². The fourth-order valence-electron chi connectivity index (χ4n) is 7.48. The Balaban J connectivity index is 0.864. The number of hydrogen-bond acceptors (Lipinski definition) is 7. The Labute approximate surface area is 304 Å². The smallest absolute Gasteiger partial charge is 0.251 e. The number of nitrogens with zero attached hydrogens (tertiary/aromatic N) is 5. The lowest BCUT2D eigenvalue weighted by Crippen LogP contribution is -2.45. The number of carbonyl (C=O) groups is 2. The van der Waals surface area contributed by atoms with Crippen LogP contribution in [-0.2, 0) is 6.54 Å². The Hall–Kier alpha value is -5.48. The Bertz CT molecular complexity index is 2010. The van der Waals surface area contributed by atoms with Gasteiger partial charge in [0.25, 0.3) is 11.8 Å². The Morgan fingerprint density at radius 3 is 1.96 bits per heavy atom. The van der Waals surface area contributed by atoms with Crippen LogP contribution in [0.25, 0.3) is 22.3 Å². The fourth-order valence-corrected chi connectivity index (χ4v) is 7.48. The zero-order valence-corrected chi connectivity index (χ0v) is 29.7. The second-order valence-electron chi connectivity index (χ2n) is 13.8. The van der Waals surface area contributed by atoms with Crippen LogP contribution >= 0.6 is 0 Å². The first kappa shape index (κ1) is 34.9. The molecule has 2 aliphatic rings. The number of anilines is 1. The molecular formula is C42H44FN7O2. The number of aromatic nitrogens is 3. The number of amides is 2. The largest absolute Gasteiger partial charge is 0.356 e. The number of rotatable bonds is 9. The number of halogens is 1.